The number of hydrazone groups is 1. The largest absolute Gasteiger partial charge is 0.507 e. The SMILES string of the molecule is Nc1nc2ccc(C(=O)N/N=C\c3c(O)ccc4ccccc34)cc2s1. The van der Waals surface area contributed by atoms with Crippen LogP contribution in [0.25, 0.3) is 21.0 Å². The number of phenols is 1. The highest BCUT2D eigenvalue weighted by Crippen LogP contribution is 2.26. The van der Waals surface area contributed by atoms with E-state index >= 15 is 0 Å². The highest BCUT2D eigenvalue weighted by Gasteiger charge is 2.09. The number of nitrogen functional groups attached to an aromatic ring is 1. The molecule has 1 amide bonds. The number of thiazole rings is 1. The van der Waals surface area contributed by atoms with Gasteiger partial charge in [0.15, 0.2) is 5.13 Å². The fourth-order valence-electron chi connectivity index (χ4n) is 2.72. The van der Waals surface area contributed by atoms with Crippen molar-refractivity contribution >= 4 is 49.6 Å². The molecule has 0 atom stereocenters. The predicted octanol–water partition coefficient (Wildman–Crippen LogP) is 3.50. The van der Waals surface area contributed by atoms with Gasteiger partial charge in [-0.1, -0.05) is 41.7 Å². The van der Waals surface area contributed by atoms with Crippen molar-refractivity contribution in [3.8, 4) is 5.75 Å². The van der Waals surface area contributed by atoms with Gasteiger partial charge in [0, 0.05) is 11.1 Å². The minimum absolute atomic E-state index is 0.100. The molecule has 6 nitrogen and oxygen atoms in total. The average molecular weight is 362 g/mol. The lowest BCUT2D eigenvalue weighted by Gasteiger charge is -2.05. The number of phenolic OH excluding ortho intramolecular Hbond substituents is 1. The Hall–Kier alpha value is -3.45. The van der Waals surface area contributed by atoms with E-state index in [1.54, 1.807) is 24.3 Å². The van der Waals surface area contributed by atoms with Crippen molar-refractivity contribution in [3.05, 3.63) is 65.7 Å². The third kappa shape index (κ3) is 2.96. The number of nitrogens with one attached hydrogen (secondary N) is 1. The summed E-state index contributed by atoms with van der Waals surface area (Å²) in [4.78, 5) is 16.5. The maximum absolute atomic E-state index is 12.3. The van der Waals surface area contributed by atoms with Crippen LogP contribution < -0.4 is 11.2 Å². The number of hydrogen-bond acceptors (Lipinski definition) is 6. The molecule has 1 aromatic heterocycles. The molecule has 0 aliphatic heterocycles. The van der Waals surface area contributed by atoms with Crippen LogP contribution in [0.1, 0.15) is 15.9 Å². The molecule has 0 radical (unpaired) electrons. The summed E-state index contributed by atoms with van der Waals surface area (Å²) in [5.74, 6) is -0.252. The van der Waals surface area contributed by atoms with Gasteiger partial charge < -0.3 is 10.8 Å². The standard InChI is InChI=1S/C19H14N4O2S/c20-19-22-15-7-5-12(9-17(15)26-19)18(25)23-21-10-14-13-4-2-1-3-11(13)6-8-16(14)24/h1-10,24H,(H2,20,22)(H,23,25)/b21-10-. The molecule has 0 aliphatic rings. The summed E-state index contributed by atoms with van der Waals surface area (Å²) in [7, 11) is 0. The van der Waals surface area contributed by atoms with Crippen LogP contribution in [0.4, 0.5) is 5.13 Å². The Balaban J connectivity index is 1.58. The molecule has 0 spiro atoms. The summed E-state index contributed by atoms with van der Waals surface area (Å²) >= 11 is 1.32. The second-order valence-corrected chi connectivity index (χ2v) is 6.72. The molecule has 0 aliphatic carbocycles. The number of hydrogen-bond donors (Lipinski definition) is 3. The molecule has 4 rings (SSSR count). The normalized spacial score (nSPS) is 11.4. The first-order valence-electron chi connectivity index (χ1n) is 7.82. The molecule has 0 fully saturated rings. The highest BCUT2D eigenvalue weighted by molar-refractivity contribution is 7.22. The van der Waals surface area contributed by atoms with Crippen LogP contribution in [0.5, 0.6) is 5.75 Å². The van der Waals surface area contributed by atoms with Gasteiger partial charge in [-0.15, -0.1) is 0 Å². The van der Waals surface area contributed by atoms with Crippen LogP contribution in [-0.4, -0.2) is 22.2 Å². The average Bonchev–Trinajstić information content (AvgIpc) is 3.02. The minimum atomic E-state index is -0.352. The molecule has 128 valence electrons. The van der Waals surface area contributed by atoms with Crippen molar-refractivity contribution in [1.82, 2.24) is 10.4 Å². The molecule has 1 heterocycles. The number of benzene rings is 3. The minimum Gasteiger partial charge on any atom is -0.507 e. The topological polar surface area (TPSA) is 101 Å². The van der Waals surface area contributed by atoms with Crippen molar-refractivity contribution in [2.24, 2.45) is 5.10 Å². The fourth-order valence-corrected chi connectivity index (χ4v) is 3.50. The van der Waals surface area contributed by atoms with E-state index in [-0.39, 0.29) is 11.7 Å². The molecule has 0 saturated carbocycles. The van der Waals surface area contributed by atoms with Crippen LogP contribution in [0.15, 0.2) is 59.7 Å². The zero-order valence-electron chi connectivity index (χ0n) is 13.5. The smallest absolute Gasteiger partial charge is 0.271 e. The Morgan fingerprint density at radius 1 is 1.19 bits per heavy atom. The Bertz CT molecular complexity index is 1170. The third-order valence-electron chi connectivity index (χ3n) is 3.97. The van der Waals surface area contributed by atoms with Gasteiger partial charge in [-0.05, 0) is 35.0 Å². The Morgan fingerprint density at radius 2 is 2.04 bits per heavy atom. The number of fused-ring (bicyclic) bond motifs is 2. The summed E-state index contributed by atoms with van der Waals surface area (Å²) in [6.07, 6.45) is 1.44. The van der Waals surface area contributed by atoms with Gasteiger partial charge in [0.25, 0.3) is 5.91 Å². The number of nitrogens with zero attached hydrogens (tertiary/aromatic N) is 2. The lowest BCUT2D eigenvalue weighted by molar-refractivity contribution is 0.0955. The van der Waals surface area contributed by atoms with Crippen molar-refractivity contribution in [3.63, 3.8) is 0 Å². The number of amides is 1. The van der Waals surface area contributed by atoms with Crippen LogP contribution in [0, 0.1) is 0 Å². The van der Waals surface area contributed by atoms with Crippen LogP contribution >= 0.6 is 11.3 Å². The zero-order valence-corrected chi connectivity index (χ0v) is 14.3. The van der Waals surface area contributed by atoms with Gasteiger partial charge in [-0.2, -0.15) is 5.10 Å². The van der Waals surface area contributed by atoms with E-state index in [2.05, 4.69) is 15.5 Å². The van der Waals surface area contributed by atoms with E-state index in [0.717, 1.165) is 21.0 Å². The summed E-state index contributed by atoms with van der Waals surface area (Å²) in [5, 5.41) is 16.4. The van der Waals surface area contributed by atoms with Crippen LogP contribution in [0.3, 0.4) is 0 Å². The maximum atomic E-state index is 12.3. The van der Waals surface area contributed by atoms with E-state index in [1.165, 1.54) is 17.6 Å². The maximum Gasteiger partial charge on any atom is 0.271 e. The molecule has 0 saturated heterocycles. The Labute approximate surface area is 152 Å². The number of aromatic nitrogens is 1. The highest BCUT2D eigenvalue weighted by atomic mass is 32.1. The molecule has 26 heavy (non-hydrogen) atoms. The van der Waals surface area contributed by atoms with E-state index in [1.807, 2.05) is 30.3 Å². The molecule has 0 unspecified atom stereocenters. The van der Waals surface area contributed by atoms with Gasteiger partial charge in [0.05, 0.1) is 16.4 Å². The second-order valence-electron chi connectivity index (χ2n) is 5.65. The first-order chi connectivity index (χ1) is 12.6. The Morgan fingerprint density at radius 3 is 2.92 bits per heavy atom. The first-order valence-corrected chi connectivity index (χ1v) is 8.63. The lowest BCUT2D eigenvalue weighted by Crippen LogP contribution is -2.17. The molecule has 4 aromatic rings. The summed E-state index contributed by atoms with van der Waals surface area (Å²) in [5.41, 5.74) is 9.93. The van der Waals surface area contributed by atoms with Crippen molar-refractivity contribution < 1.29 is 9.90 Å². The quantitative estimate of drug-likeness (QED) is 0.383. The molecular formula is C19H14N4O2S. The van der Waals surface area contributed by atoms with Gasteiger partial charge in [-0.3, -0.25) is 4.79 Å². The number of carbonyl (C=O) groups excluding carboxylic acids is 1. The van der Waals surface area contributed by atoms with Crippen LogP contribution in [0.2, 0.25) is 0 Å². The molecule has 4 N–H and O–H groups in total. The van der Waals surface area contributed by atoms with Gasteiger partial charge in [0.1, 0.15) is 5.75 Å². The van der Waals surface area contributed by atoms with E-state index in [4.69, 9.17) is 5.73 Å². The predicted molar refractivity (Wildman–Crippen MR) is 105 cm³/mol. The molecule has 0 bridgehead atoms. The first kappa shape index (κ1) is 16.0. The van der Waals surface area contributed by atoms with Crippen molar-refractivity contribution in [2.75, 3.05) is 5.73 Å². The second kappa shape index (κ2) is 6.45. The number of aromatic hydroxyl groups is 1. The van der Waals surface area contributed by atoms with Gasteiger partial charge in [0.2, 0.25) is 0 Å². The van der Waals surface area contributed by atoms with E-state index < -0.39 is 0 Å². The van der Waals surface area contributed by atoms with E-state index in [9.17, 15) is 9.90 Å². The van der Waals surface area contributed by atoms with Crippen LogP contribution in [-0.2, 0) is 0 Å². The summed E-state index contributed by atoms with van der Waals surface area (Å²) in [6, 6.07) is 16.2. The molecule has 3 aromatic carbocycles. The summed E-state index contributed by atoms with van der Waals surface area (Å²) < 4.78 is 0.839. The third-order valence-corrected chi connectivity index (χ3v) is 4.82. The van der Waals surface area contributed by atoms with Crippen molar-refractivity contribution in [2.45, 2.75) is 0 Å². The molecular weight excluding hydrogens is 348 g/mol. The zero-order chi connectivity index (χ0) is 18.1. The summed E-state index contributed by atoms with van der Waals surface area (Å²) in [6.45, 7) is 0. The fraction of sp³-hybridized carbons (Fsp3) is 0. The number of anilines is 1. The monoisotopic (exact) mass is 362 g/mol. The number of rotatable bonds is 3. The van der Waals surface area contributed by atoms with E-state index in [0.29, 0.717) is 16.3 Å². The lowest BCUT2D eigenvalue weighted by atomic mass is 10.0. The van der Waals surface area contributed by atoms with Gasteiger partial charge in [-0.25, -0.2) is 10.4 Å². The number of carbonyl (C=O) groups is 1. The molecule has 7 heteroatoms. The number of nitrogens with two attached hydrogens (primary N) is 1. The Kier molecular flexibility index (Phi) is 3.98. The van der Waals surface area contributed by atoms with Crippen molar-refractivity contribution in [1.29, 1.82) is 0 Å². The van der Waals surface area contributed by atoms with Gasteiger partial charge >= 0.3 is 0 Å².